The molecule has 0 unspecified atom stereocenters. The summed E-state index contributed by atoms with van der Waals surface area (Å²) < 4.78 is 5.43. The van der Waals surface area contributed by atoms with E-state index >= 15 is 0 Å². The standard InChI is InChI=1S/C24H20N4O5/c1-33-20-13-19(25-18-10-5-4-9-17(18)20)24(32)28-12-6-11-27(28)21(29)14-26-22(30)15-7-2-3-8-16(15)23(26)31/h2-5,7-10,13H,6,11-12,14H2,1H3. The van der Waals surface area contributed by atoms with E-state index in [1.165, 1.54) is 17.1 Å². The lowest BCUT2D eigenvalue weighted by atomic mass is 10.1. The second-order valence-corrected chi connectivity index (χ2v) is 7.77. The van der Waals surface area contributed by atoms with Crippen LogP contribution in [0.25, 0.3) is 10.9 Å². The van der Waals surface area contributed by atoms with Crippen molar-refractivity contribution in [2.75, 3.05) is 26.7 Å². The molecule has 0 bridgehead atoms. The smallest absolute Gasteiger partial charge is 0.291 e. The third-order valence-electron chi connectivity index (χ3n) is 5.84. The number of para-hydroxylation sites is 1. The highest BCUT2D eigenvalue weighted by Crippen LogP contribution is 2.27. The van der Waals surface area contributed by atoms with E-state index in [-0.39, 0.29) is 16.8 Å². The Morgan fingerprint density at radius 2 is 1.58 bits per heavy atom. The summed E-state index contributed by atoms with van der Waals surface area (Å²) in [4.78, 5) is 57.0. The van der Waals surface area contributed by atoms with Crippen LogP contribution in [0.1, 0.15) is 37.6 Å². The molecule has 9 heteroatoms. The number of imide groups is 1. The molecule has 2 aliphatic heterocycles. The van der Waals surface area contributed by atoms with E-state index in [4.69, 9.17) is 4.74 Å². The van der Waals surface area contributed by atoms with Crippen molar-refractivity contribution in [2.45, 2.75) is 6.42 Å². The molecule has 2 aromatic carbocycles. The van der Waals surface area contributed by atoms with E-state index in [0.717, 1.165) is 10.3 Å². The number of ether oxygens (including phenoxy) is 1. The maximum atomic E-state index is 13.3. The third kappa shape index (κ3) is 3.38. The average Bonchev–Trinajstić information content (AvgIpc) is 3.43. The highest BCUT2D eigenvalue weighted by atomic mass is 16.5. The number of hydrogen-bond acceptors (Lipinski definition) is 6. The average molecular weight is 444 g/mol. The number of benzene rings is 2. The van der Waals surface area contributed by atoms with Crippen LogP contribution in [0.4, 0.5) is 0 Å². The number of carbonyl (C=O) groups excluding carboxylic acids is 4. The maximum Gasteiger partial charge on any atom is 0.291 e. The van der Waals surface area contributed by atoms with Crippen LogP contribution in [-0.2, 0) is 4.79 Å². The molecule has 1 aromatic heterocycles. The molecule has 0 atom stereocenters. The second kappa shape index (κ2) is 8.01. The summed E-state index contributed by atoms with van der Waals surface area (Å²) in [5.41, 5.74) is 1.29. The van der Waals surface area contributed by atoms with E-state index < -0.39 is 30.2 Å². The fourth-order valence-corrected chi connectivity index (χ4v) is 4.24. The fraction of sp³-hybridized carbons (Fsp3) is 0.208. The molecule has 0 saturated carbocycles. The summed E-state index contributed by atoms with van der Waals surface area (Å²) in [5.74, 6) is -1.48. The highest BCUT2D eigenvalue weighted by molar-refractivity contribution is 6.22. The Hall–Kier alpha value is -4.27. The van der Waals surface area contributed by atoms with Crippen molar-refractivity contribution in [1.29, 1.82) is 0 Å². The van der Waals surface area contributed by atoms with Crippen molar-refractivity contribution in [3.63, 3.8) is 0 Å². The molecule has 3 aromatic rings. The van der Waals surface area contributed by atoms with Gasteiger partial charge in [0.15, 0.2) is 0 Å². The predicted molar refractivity (Wildman–Crippen MR) is 117 cm³/mol. The predicted octanol–water partition coefficient (Wildman–Crippen LogP) is 2.13. The molecule has 0 aliphatic carbocycles. The minimum atomic E-state index is -0.512. The number of fused-ring (bicyclic) bond motifs is 2. The Kier molecular flexibility index (Phi) is 5.01. The van der Waals surface area contributed by atoms with Gasteiger partial charge in [-0.3, -0.25) is 24.1 Å². The lowest BCUT2D eigenvalue weighted by molar-refractivity contribution is -0.140. The van der Waals surface area contributed by atoms with Gasteiger partial charge in [0.05, 0.1) is 23.8 Å². The maximum absolute atomic E-state index is 13.3. The van der Waals surface area contributed by atoms with Gasteiger partial charge in [-0.25, -0.2) is 15.0 Å². The number of nitrogens with zero attached hydrogens (tertiary/aromatic N) is 4. The van der Waals surface area contributed by atoms with E-state index in [2.05, 4.69) is 4.98 Å². The summed E-state index contributed by atoms with van der Waals surface area (Å²) >= 11 is 0. The van der Waals surface area contributed by atoms with Crippen molar-refractivity contribution in [3.05, 3.63) is 71.4 Å². The van der Waals surface area contributed by atoms with Gasteiger partial charge in [0.1, 0.15) is 18.0 Å². The van der Waals surface area contributed by atoms with Crippen molar-refractivity contribution < 1.29 is 23.9 Å². The lowest BCUT2D eigenvalue weighted by Crippen LogP contribution is -2.49. The van der Waals surface area contributed by atoms with Crippen LogP contribution < -0.4 is 4.74 Å². The van der Waals surface area contributed by atoms with Crippen LogP contribution in [-0.4, -0.2) is 70.3 Å². The molecule has 0 spiro atoms. The molecule has 4 amide bonds. The topological polar surface area (TPSA) is 100 Å². The molecule has 33 heavy (non-hydrogen) atoms. The van der Waals surface area contributed by atoms with E-state index in [0.29, 0.717) is 30.8 Å². The minimum Gasteiger partial charge on any atom is -0.496 e. The molecule has 0 N–H and O–H groups in total. The fourth-order valence-electron chi connectivity index (χ4n) is 4.24. The van der Waals surface area contributed by atoms with E-state index in [1.54, 1.807) is 36.4 Å². The van der Waals surface area contributed by atoms with Gasteiger partial charge in [-0.05, 0) is 30.7 Å². The molecule has 1 fully saturated rings. The number of amides is 4. The molecule has 9 nitrogen and oxygen atoms in total. The summed E-state index contributed by atoms with van der Waals surface area (Å²) in [6.07, 6.45) is 0.574. The zero-order valence-corrected chi connectivity index (χ0v) is 17.9. The molecule has 1 saturated heterocycles. The molecular weight excluding hydrogens is 424 g/mol. The van der Waals surface area contributed by atoms with Crippen LogP contribution in [0.2, 0.25) is 0 Å². The molecule has 166 valence electrons. The van der Waals surface area contributed by atoms with Gasteiger partial charge in [0.2, 0.25) is 0 Å². The van der Waals surface area contributed by atoms with Crippen molar-refractivity contribution in [1.82, 2.24) is 19.9 Å². The quantitative estimate of drug-likeness (QED) is 0.572. The Morgan fingerprint density at radius 3 is 2.27 bits per heavy atom. The van der Waals surface area contributed by atoms with Gasteiger partial charge in [-0.1, -0.05) is 24.3 Å². The Labute approximate surface area is 189 Å². The molecule has 0 radical (unpaired) electrons. The van der Waals surface area contributed by atoms with Gasteiger partial charge in [0, 0.05) is 24.5 Å². The first-order chi connectivity index (χ1) is 16.0. The molecule has 2 aliphatic rings. The second-order valence-electron chi connectivity index (χ2n) is 7.77. The number of hydrazine groups is 1. The zero-order valence-electron chi connectivity index (χ0n) is 17.9. The van der Waals surface area contributed by atoms with Crippen LogP contribution in [0, 0.1) is 0 Å². The highest BCUT2D eigenvalue weighted by Gasteiger charge is 2.39. The van der Waals surface area contributed by atoms with Crippen molar-refractivity contribution in [3.8, 4) is 5.75 Å². The lowest BCUT2D eigenvalue weighted by Gasteiger charge is -2.29. The monoisotopic (exact) mass is 444 g/mol. The number of methoxy groups -OCH3 is 1. The summed E-state index contributed by atoms with van der Waals surface area (Å²) in [7, 11) is 1.52. The largest absolute Gasteiger partial charge is 0.496 e. The Balaban J connectivity index is 1.38. The Morgan fingerprint density at radius 1 is 0.939 bits per heavy atom. The van der Waals surface area contributed by atoms with Crippen LogP contribution in [0.15, 0.2) is 54.6 Å². The van der Waals surface area contributed by atoms with Crippen molar-refractivity contribution in [2.24, 2.45) is 0 Å². The number of pyridine rings is 1. The van der Waals surface area contributed by atoms with Gasteiger partial charge >= 0.3 is 0 Å². The molecule has 3 heterocycles. The van der Waals surface area contributed by atoms with Crippen molar-refractivity contribution >= 4 is 34.5 Å². The third-order valence-corrected chi connectivity index (χ3v) is 5.84. The summed E-state index contributed by atoms with van der Waals surface area (Å²) in [6, 6.07) is 15.3. The number of aromatic nitrogens is 1. The zero-order chi connectivity index (χ0) is 23.1. The summed E-state index contributed by atoms with van der Waals surface area (Å²) in [6.45, 7) is 0.187. The Bertz CT molecular complexity index is 1290. The number of rotatable bonds is 4. The van der Waals surface area contributed by atoms with E-state index in [1.807, 2.05) is 18.2 Å². The summed E-state index contributed by atoms with van der Waals surface area (Å²) in [5, 5.41) is 3.38. The van der Waals surface area contributed by atoms with Crippen LogP contribution >= 0.6 is 0 Å². The van der Waals surface area contributed by atoms with Gasteiger partial charge < -0.3 is 4.74 Å². The first-order valence-corrected chi connectivity index (χ1v) is 10.5. The van der Waals surface area contributed by atoms with Gasteiger partial charge in [-0.15, -0.1) is 0 Å². The normalized spacial score (nSPS) is 15.4. The van der Waals surface area contributed by atoms with Crippen LogP contribution in [0.3, 0.4) is 0 Å². The van der Waals surface area contributed by atoms with Crippen LogP contribution in [0.5, 0.6) is 5.75 Å². The van der Waals surface area contributed by atoms with Gasteiger partial charge in [0.25, 0.3) is 23.6 Å². The van der Waals surface area contributed by atoms with E-state index in [9.17, 15) is 19.2 Å². The SMILES string of the molecule is COc1cc(C(=O)N2CCCN2C(=O)CN2C(=O)c3ccccc3C2=O)nc2ccccc12. The first kappa shape index (κ1) is 20.6. The van der Waals surface area contributed by atoms with Gasteiger partial charge in [-0.2, -0.15) is 0 Å². The molecular formula is C24H20N4O5. The number of carbonyl (C=O) groups is 4. The first-order valence-electron chi connectivity index (χ1n) is 10.5. The molecule has 5 rings (SSSR count). The number of hydrogen-bond donors (Lipinski definition) is 0. The minimum absolute atomic E-state index is 0.144.